The number of carbonyl (C=O) groups excluding carboxylic acids is 1. The summed E-state index contributed by atoms with van der Waals surface area (Å²) in [5.41, 5.74) is 0. The number of carbonyl (C=O) groups is 1. The summed E-state index contributed by atoms with van der Waals surface area (Å²) in [7, 11) is 0. The molecule has 0 fully saturated rings. The van der Waals surface area contributed by atoms with Crippen molar-refractivity contribution in [2.45, 2.75) is 6.42 Å². The van der Waals surface area contributed by atoms with Crippen molar-refractivity contribution in [3.05, 3.63) is 24.2 Å². The maximum Gasteiger partial charge on any atom is 0.314 e. The van der Waals surface area contributed by atoms with Gasteiger partial charge in [-0.1, -0.05) is 0 Å². The zero-order valence-corrected chi connectivity index (χ0v) is 6.32. The number of hydrogen-bond acceptors (Lipinski definition) is 4. The Bertz CT molecular complexity index is 284. The molecular weight excluding hydrogens is 158 g/mol. The summed E-state index contributed by atoms with van der Waals surface area (Å²) in [6.07, 6.45) is 1.56. The van der Waals surface area contributed by atoms with Crippen molar-refractivity contribution in [1.82, 2.24) is 0 Å². The van der Waals surface area contributed by atoms with Gasteiger partial charge < -0.3 is 9.15 Å². The summed E-state index contributed by atoms with van der Waals surface area (Å²) in [6, 6.07) is 5.07. The van der Waals surface area contributed by atoms with Crippen LogP contribution < -0.4 is 0 Å². The van der Waals surface area contributed by atoms with Crippen LogP contribution in [0.5, 0.6) is 0 Å². The van der Waals surface area contributed by atoms with E-state index < -0.39 is 5.97 Å². The molecule has 0 spiro atoms. The molecule has 62 valence electrons. The second kappa shape index (κ2) is 4.19. The lowest BCUT2D eigenvalue weighted by molar-refractivity contribution is -0.141. The zero-order chi connectivity index (χ0) is 8.81. The Morgan fingerprint density at radius 2 is 2.58 bits per heavy atom. The van der Waals surface area contributed by atoms with E-state index in [0.717, 1.165) is 0 Å². The normalized spacial score (nSPS) is 8.92. The predicted octanol–water partition coefficient (Wildman–Crippen LogP) is 0.889. The van der Waals surface area contributed by atoms with Crippen LogP contribution >= 0.6 is 0 Å². The second-order valence-electron chi connectivity index (χ2n) is 2.07. The van der Waals surface area contributed by atoms with E-state index in [1.54, 1.807) is 18.2 Å². The van der Waals surface area contributed by atoms with Gasteiger partial charge in [0.25, 0.3) is 0 Å². The minimum Gasteiger partial charge on any atom is -0.469 e. The van der Waals surface area contributed by atoms with Gasteiger partial charge in [0, 0.05) is 0 Å². The van der Waals surface area contributed by atoms with E-state index in [4.69, 9.17) is 9.68 Å². The summed E-state index contributed by atoms with van der Waals surface area (Å²) >= 11 is 0. The minimum atomic E-state index is -0.452. The summed E-state index contributed by atoms with van der Waals surface area (Å²) < 4.78 is 9.40. The first-order valence-electron chi connectivity index (χ1n) is 3.38. The Kier molecular flexibility index (Phi) is 2.91. The molecule has 0 radical (unpaired) electrons. The van der Waals surface area contributed by atoms with Crippen LogP contribution in [0.1, 0.15) is 5.76 Å². The standard InChI is InChI=1S/C8H7NO3/c9-3-5-12-8(10)6-7-2-1-4-11-7/h1-2,4H,5-6H2. The van der Waals surface area contributed by atoms with Crippen molar-refractivity contribution in [2.75, 3.05) is 6.61 Å². The summed E-state index contributed by atoms with van der Waals surface area (Å²) in [5.74, 6) is 0.0874. The number of esters is 1. The van der Waals surface area contributed by atoms with Crippen LogP contribution in [0.3, 0.4) is 0 Å². The van der Waals surface area contributed by atoms with Gasteiger partial charge >= 0.3 is 5.97 Å². The van der Waals surface area contributed by atoms with Gasteiger partial charge in [0.2, 0.25) is 0 Å². The molecule has 1 aromatic heterocycles. The zero-order valence-electron chi connectivity index (χ0n) is 6.32. The fourth-order valence-electron chi connectivity index (χ4n) is 0.719. The fourth-order valence-corrected chi connectivity index (χ4v) is 0.719. The van der Waals surface area contributed by atoms with Gasteiger partial charge in [-0.3, -0.25) is 4.79 Å². The van der Waals surface area contributed by atoms with Crippen LogP contribution in [0, 0.1) is 11.3 Å². The molecule has 12 heavy (non-hydrogen) atoms. The first-order chi connectivity index (χ1) is 5.83. The van der Waals surface area contributed by atoms with Gasteiger partial charge in [0.1, 0.15) is 18.3 Å². The Balaban J connectivity index is 2.33. The molecule has 0 bridgehead atoms. The van der Waals surface area contributed by atoms with Crippen molar-refractivity contribution in [2.24, 2.45) is 0 Å². The number of nitrogens with zero attached hydrogens (tertiary/aromatic N) is 1. The van der Waals surface area contributed by atoms with Gasteiger partial charge in [0.05, 0.1) is 6.26 Å². The van der Waals surface area contributed by atoms with Gasteiger partial charge in [-0.2, -0.15) is 5.26 Å². The Morgan fingerprint density at radius 3 is 3.17 bits per heavy atom. The average Bonchev–Trinajstić information content (AvgIpc) is 2.53. The van der Waals surface area contributed by atoms with E-state index >= 15 is 0 Å². The van der Waals surface area contributed by atoms with Crippen molar-refractivity contribution in [3.8, 4) is 6.07 Å². The van der Waals surface area contributed by atoms with Crippen molar-refractivity contribution >= 4 is 5.97 Å². The molecule has 4 nitrogen and oxygen atoms in total. The molecule has 1 rings (SSSR count). The van der Waals surface area contributed by atoms with E-state index in [1.165, 1.54) is 6.26 Å². The molecule has 1 aromatic rings. The largest absolute Gasteiger partial charge is 0.469 e. The van der Waals surface area contributed by atoms with Gasteiger partial charge in [-0.25, -0.2) is 0 Å². The summed E-state index contributed by atoms with van der Waals surface area (Å²) in [4.78, 5) is 10.8. The van der Waals surface area contributed by atoms with Crippen LogP contribution in [-0.2, 0) is 16.0 Å². The Morgan fingerprint density at radius 1 is 1.75 bits per heavy atom. The molecular formula is C8H7NO3. The smallest absolute Gasteiger partial charge is 0.314 e. The van der Waals surface area contributed by atoms with E-state index in [9.17, 15) is 4.79 Å². The molecule has 1 heterocycles. The topological polar surface area (TPSA) is 63.2 Å². The molecule has 0 aliphatic rings. The maximum absolute atomic E-state index is 10.8. The molecule has 0 N–H and O–H groups in total. The van der Waals surface area contributed by atoms with Gasteiger partial charge in [0.15, 0.2) is 6.61 Å². The maximum atomic E-state index is 10.8. The van der Waals surface area contributed by atoms with Crippen LogP contribution in [0.15, 0.2) is 22.8 Å². The number of rotatable bonds is 3. The Hall–Kier alpha value is -1.76. The Labute approximate surface area is 69.4 Å². The first kappa shape index (κ1) is 8.34. The summed E-state index contributed by atoms with van der Waals surface area (Å²) in [6.45, 7) is -0.209. The van der Waals surface area contributed by atoms with Gasteiger partial charge in [-0.15, -0.1) is 0 Å². The molecule has 4 heteroatoms. The van der Waals surface area contributed by atoms with Crippen LogP contribution in [0.4, 0.5) is 0 Å². The lowest BCUT2D eigenvalue weighted by Crippen LogP contribution is -2.07. The number of ether oxygens (including phenoxy) is 1. The number of furan rings is 1. The van der Waals surface area contributed by atoms with E-state index in [2.05, 4.69) is 4.74 Å². The van der Waals surface area contributed by atoms with Gasteiger partial charge in [-0.05, 0) is 12.1 Å². The quantitative estimate of drug-likeness (QED) is 0.624. The third-order valence-corrected chi connectivity index (χ3v) is 1.20. The molecule has 0 aliphatic carbocycles. The molecule has 0 unspecified atom stereocenters. The number of hydrogen-bond donors (Lipinski definition) is 0. The average molecular weight is 165 g/mol. The fraction of sp³-hybridized carbons (Fsp3) is 0.250. The second-order valence-corrected chi connectivity index (χ2v) is 2.07. The van der Waals surface area contributed by atoms with E-state index in [-0.39, 0.29) is 13.0 Å². The molecule has 0 saturated heterocycles. The van der Waals surface area contributed by atoms with E-state index in [1.807, 2.05) is 0 Å². The van der Waals surface area contributed by atoms with Crippen molar-refractivity contribution in [1.29, 1.82) is 5.26 Å². The monoisotopic (exact) mass is 165 g/mol. The van der Waals surface area contributed by atoms with Crippen LogP contribution in [-0.4, -0.2) is 12.6 Å². The highest BCUT2D eigenvalue weighted by atomic mass is 16.5. The highest BCUT2D eigenvalue weighted by molar-refractivity contribution is 5.71. The minimum absolute atomic E-state index is 0.0781. The third-order valence-electron chi connectivity index (χ3n) is 1.20. The lowest BCUT2D eigenvalue weighted by Gasteiger charge is -1.96. The summed E-state index contributed by atoms with van der Waals surface area (Å²) in [5, 5.41) is 8.09. The highest BCUT2D eigenvalue weighted by Crippen LogP contribution is 2.01. The molecule has 0 saturated carbocycles. The molecule has 0 aromatic carbocycles. The molecule has 0 atom stereocenters. The van der Waals surface area contributed by atoms with Crippen LogP contribution in [0.2, 0.25) is 0 Å². The first-order valence-corrected chi connectivity index (χ1v) is 3.38. The van der Waals surface area contributed by atoms with Crippen LogP contribution in [0.25, 0.3) is 0 Å². The number of nitriles is 1. The van der Waals surface area contributed by atoms with Crippen molar-refractivity contribution in [3.63, 3.8) is 0 Å². The van der Waals surface area contributed by atoms with Crippen molar-refractivity contribution < 1.29 is 13.9 Å². The molecule has 0 amide bonds. The highest BCUT2D eigenvalue weighted by Gasteiger charge is 2.05. The lowest BCUT2D eigenvalue weighted by atomic mass is 10.3. The van der Waals surface area contributed by atoms with E-state index in [0.29, 0.717) is 5.76 Å². The molecule has 0 aliphatic heterocycles. The predicted molar refractivity (Wildman–Crippen MR) is 39.0 cm³/mol. The SMILES string of the molecule is N#CCOC(=O)Cc1ccco1. The third kappa shape index (κ3) is 2.46.